The van der Waals surface area contributed by atoms with Crippen LogP contribution >= 0.6 is 9.03 Å². The van der Waals surface area contributed by atoms with E-state index in [1.807, 2.05) is 0 Å². The first-order valence-corrected chi connectivity index (χ1v) is 4.44. The topological polar surface area (TPSA) is 283 Å². The Bertz CT molecular complexity index is 72.6. The van der Waals surface area contributed by atoms with Crippen LogP contribution in [0.5, 0.6) is 0 Å². The number of hydrogen-bond acceptors (Lipinski definition) is 14. The fourth-order valence-electron chi connectivity index (χ4n) is 0. The molecule has 0 unspecified atom stereocenters. The largest absolute Gasteiger partial charge is 0.631 e. The van der Waals surface area contributed by atoms with E-state index in [1.54, 1.807) is 0 Å². The van der Waals surface area contributed by atoms with Gasteiger partial charge in [0.1, 0.15) is 9.03 Å². The summed E-state index contributed by atoms with van der Waals surface area (Å²) < 4.78 is 0. The Hall–Kier alpha value is 0.130. The van der Waals surface area contributed by atoms with Crippen molar-refractivity contribution in [2.45, 2.75) is 0 Å². The lowest BCUT2D eigenvalue weighted by Crippen LogP contribution is -2.07. The zero-order valence-electron chi connectivity index (χ0n) is 9.07. The quantitative estimate of drug-likeness (QED) is 0.146. The van der Waals surface area contributed by atoms with E-state index >= 15 is 0 Å². The molecule has 0 aromatic rings. The van der Waals surface area contributed by atoms with Crippen LogP contribution in [-0.4, -0.2) is 99.4 Å². The fourth-order valence-corrected chi connectivity index (χ4v) is 0. The molecule has 0 aromatic heterocycles. The van der Waals surface area contributed by atoms with E-state index in [9.17, 15) is 0 Å². The highest BCUT2D eigenvalue weighted by Gasteiger charge is 1.93. The molecule has 0 bridgehead atoms. The van der Waals surface area contributed by atoms with E-state index in [-0.39, 0.29) is 0 Å². The van der Waals surface area contributed by atoms with Gasteiger partial charge in [-0.05, 0) is 0 Å². The van der Waals surface area contributed by atoms with Crippen LogP contribution in [0.25, 0.3) is 0 Å². The summed E-state index contributed by atoms with van der Waals surface area (Å²) in [7, 11) is -9.58. The van der Waals surface area contributed by atoms with Crippen LogP contribution < -0.4 is 0 Å². The maximum absolute atomic E-state index is 7.17. The first-order chi connectivity index (χ1) is 8.34. The molecule has 0 aliphatic carbocycles. The lowest BCUT2D eigenvalue weighted by Gasteiger charge is -1.69. The predicted molar refractivity (Wildman–Crippen MR) is 62.4 cm³/mol. The van der Waals surface area contributed by atoms with Gasteiger partial charge in [0.15, 0.2) is 0 Å². The first-order valence-electron chi connectivity index (χ1n) is 3.55. The molecule has 19 heteroatoms. The van der Waals surface area contributed by atoms with Gasteiger partial charge in [0.25, 0.3) is 0 Å². The lowest BCUT2D eigenvalue weighted by atomic mass is 10.3. The van der Waals surface area contributed by atoms with Crippen molar-refractivity contribution in [2.75, 3.05) is 0 Å². The minimum atomic E-state index is -2.17. The van der Waals surface area contributed by atoms with Gasteiger partial charge in [-0.2, -0.15) is 0 Å². The highest BCUT2D eigenvalue weighted by Crippen LogP contribution is 1.81. The standard InChI is InChI=1S/4BH3O3.H3O2P/c4*2-1(3)4;1-3-2/h4*2-4H;1-3H. The molecule has 0 saturated carbocycles. The second kappa shape index (κ2) is 30.9. The summed E-state index contributed by atoms with van der Waals surface area (Å²) in [6.07, 6.45) is 0. The predicted octanol–water partition coefficient (Wildman–Crippen LogP) is -8.73. The molecule has 0 amide bonds. The summed E-state index contributed by atoms with van der Waals surface area (Å²) in [6, 6.07) is 0. The molecule has 0 spiro atoms. The zero-order chi connectivity index (χ0) is 17.0. The summed E-state index contributed by atoms with van der Waals surface area (Å²) in [4.78, 5) is 14.3. The van der Waals surface area contributed by atoms with Crippen molar-refractivity contribution in [1.82, 2.24) is 0 Å². The van der Waals surface area contributed by atoms with Crippen molar-refractivity contribution in [1.29, 1.82) is 0 Å². The van der Waals surface area contributed by atoms with Gasteiger partial charge in [0.2, 0.25) is 0 Å². The van der Waals surface area contributed by atoms with Crippen LogP contribution in [0, 0.1) is 0 Å². The smallest absolute Gasteiger partial charge is 0.402 e. The minimum absolute atomic E-state index is 0.917. The number of rotatable bonds is 0. The van der Waals surface area contributed by atoms with Crippen LogP contribution in [0.2, 0.25) is 0 Å². The van der Waals surface area contributed by atoms with E-state index < -0.39 is 38.3 Å². The molecule has 116 valence electrons. The summed E-state index contributed by atoms with van der Waals surface area (Å²) in [5.74, 6) is 0. The van der Waals surface area contributed by atoms with Gasteiger partial charge in [0, 0.05) is 0 Å². The Morgan fingerprint density at radius 2 is 0.368 bits per heavy atom. The molecule has 0 aliphatic heterocycles. The normalized spacial score (nSPS) is 6.63. The highest BCUT2D eigenvalue weighted by molar-refractivity contribution is 7.23. The van der Waals surface area contributed by atoms with E-state index in [2.05, 4.69) is 0 Å². The lowest BCUT2D eigenvalue weighted by molar-refractivity contribution is 0.276. The maximum Gasteiger partial charge on any atom is 0.631 e. The molecule has 0 aromatic carbocycles. The monoisotopic (exact) mass is 314 g/mol. The molecule has 0 rings (SSSR count). The summed E-state index contributed by atoms with van der Waals surface area (Å²) in [5, 5.41) is 86.0. The van der Waals surface area contributed by atoms with Crippen LogP contribution in [-0.2, 0) is 0 Å². The van der Waals surface area contributed by atoms with E-state index in [0.29, 0.717) is 0 Å². The average molecular weight is 313 g/mol. The third kappa shape index (κ3) is 280000. The van der Waals surface area contributed by atoms with Crippen molar-refractivity contribution in [3.05, 3.63) is 0 Å². The molecule has 0 aliphatic rings. The van der Waals surface area contributed by atoms with Gasteiger partial charge >= 0.3 is 29.3 Å². The van der Waals surface area contributed by atoms with Crippen molar-refractivity contribution >= 4 is 38.3 Å². The first kappa shape index (κ1) is 31.5. The third-order valence-electron chi connectivity index (χ3n) is 0. The number of hydrogen-bond donors (Lipinski definition) is 14. The Kier molecular flexibility index (Phi) is 51.2. The zero-order valence-corrected chi connectivity index (χ0v) is 10.1. The van der Waals surface area contributed by atoms with Crippen LogP contribution in [0.4, 0.5) is 0 Å². The van der Waals surface area contributed by atoms with Gasteiger partial charge in [0.05, 0.1) is 0 Å². The molecular formula is H15B4O14P. The fraction of sp³-hybridized carbons (Fsp3) is 0. The summed E-state index contributed by atoms with van der Waals surface area (Å²) >= 11 is 0. The van der Waals surface area contributed by atoms with Crippen molar-refractivity contribution in [2.24, 2.45) is 0 Å². The Balaban J connectivity index is -0.0000000432. The molecule has 0 fully saturated rings. The third-order valence-corrected chi connectivity index (χ3v) is 0. The molecule has 14 N–H and O–H groups in total. The second-order valence-corrected chi connectivity index (χ2v) is 1.69. The summed E-state index contributed by atoms with van der Waals surface area (Å²) in [5.41, 5.74) is 0. The molecule has 0 saturated heterocycles. The van der Waals surface area contributed by atoms with E-state index in [4.69, 9.17) is 70.1 Å². The molecule has 14 nitrogen and oxygen atoms in total. The van der Waals surface area contributed by atoms with Crippen LogP contribution in [0.3, 0.4) is 0 Å². The highest BCUT2D eigenvalue weighted by atomic mass is 31.1. The average Bonchev–Trinajstić information content (AvgIpc) is 1.97. The van der Waals surface area contributed by atoms with Gasteiger partial charge in [-0.15, -0.1) is 0 Å². The molecule has 0 atom stereocenters. The van der Waals surface area contributed by atoms with Crippen molar-refractivity contribution in [3.63, 3.8) is 0 Å². The van der Waals surface area contributed by atoms with Gasteiger partial charge in [-0.1, -0.05) is 0 Å². The van der Waals surface area contributed by atoms with E-state index in [1.165, 1.54) is 0 Å². The van der Waals surface area contributed by atoms with Crippen LogP contribution in [0.1, 0.15) is 0 Å². The van der Waals surface area contributed by atoms with Crippen molar-refractivity contribution in [3.8, 4) is 0 Å². The SMILES string of the molecule is OB(O)O.OB(O)O.OB(O)O.OB(O)O.OPO. The molecule has 0 radical (unpaired) electrons. The van der Waals surface area contributed by atoms with Gasteiger partial charge < -0.3 is 70.1 Å². The Labute approximate surface area is 109 Å². The van der Waals surface area contributed by atoms with Crippen molar-refractivity contribution < 1.29 is 70.1 Å². The second-order valence-electron chi connectivity index (χ2n) is 1.49. The van der Waals surface area contributed by atoms with E-state index in [0.717, 1.165) is 0 Å². The maximum atomic E-state index is 7.17. The van der Waals surface area contributed by atoms with Gasteiger partial charge in [-0.25, -0.2) is 0 Å². The molecule has 0 heterocycles. The molecule has 19 heavy (non-hydrogen) atoms. The summed E-state index contributed by atoms with van der Waals surface area (Å²) in [6.45, 7) is 0. The minimum Gasteiger partial charge on any atom is -0.402 e. The Morgan fingerprint density at radius 1 is 0.368 bits per heavy atom. The molecular weight excluding hydrogens is 298 g/mol. The Morgan fingerprint density at radius 3 is 0.368 bits per heavy atom. The van der Waals surface area contributed by atoms with Gasteiger partial charge in [-0.3, -0.25) is 0 Å². The van der Waals surface area contributed by atoms with Crippen LogP contribution in [0.15, 0.2) is 0 Å².